The van der Waals surface area contributed by atoms with Crippen LogP contribution in [0.15, 0.2) is 88.7 Å². The molecular formula is C27H25NO5S2. The molecule has 0 unspecified atom stereocenters. The van der Waals surface area contributed by atoms with Crippen LogP contribution in [0.1, 0.15) is 28.4 Å². The van der Waals surface area contributed by atoms with Crippen LogP contribution in [-0.4, -0.2) is 29.7 Å². The minimum absolute atomic E-state index is 0.0143. The average Bonchev–Trinajstić information content (AvgIpc) is 2.85. The van der Waals surface area contributed by atoms with E-state index in [1.165, 1.54) is 15.8 Å². The fraction of sp³-hybridized carbons (Fsp3) is 0.148. The topological polar surface area (TPSA) is 83.9 Å². The number of rotatable bonds is 8. The average molecular weight is 508 g/mol. The zero-order valence-corrected chi connectivity index (χ0v) is 21.2. The summed E-state index contributed by atoms with van der Waals surface area (Å²) in [6.07, 6.45) is 0. The first-order valence-electron chi connectivity index (χ1n) is 11.0. The highest BCUT2D eigenvalue weighted by Gasteiger charge is 2.27. The first-order chi connectivity index (χ1) is 16.7. The summed E-state index contributed by atoms with van der Waals surface area (Å²) in [5, 5.41) is 11.6. The number of aromatic carboxylic acids is 1. The van der Waals surface area contributed by atoms with Crippen LogP contribution in [0.25, 0.3) is 10.8 Å². The van der Waals surface area contributed by atoms with Gasteiger partial charge >= 0.3 is 5.97 Å². The van der Waals surface area contributed by atoms with Gasteiger partial charge in [0.2, 0.25) is 0 Å². The van der Waals surface area contributed by atoms with Crippen LogP contribution in [0.2, 0.25) is 0 Å². The third-order valence-corrected chi connectivity index (χ3v) is 9.09. The lowest BCUT2D eigenvalue weighted by atomic mass is 10.0. The number of ether oxygens (including phenoxy) is 1. The van der Waals surface area contributed by atoms with Crippen molar-refractivity contribution >= 4 is 38.7 Å². The lowest BCUT2D eigenvalue weighted by molar-refractivity contribution is 0.0695. The van der Waals surface area contributed by atoms with Gasteiger partial charge in [0.1, 0.15) is 11.5 Å². The number of carboxylic acids is 1. The van der Waals surface area contributed by atoms with Gasteiger partial charge in [0.05, 0.1) is 10.5 Å². The molecule has 0 radical (unpaired) electrons. The van der Waals surface area contributed by atoms with Crippen molar-refractivity contribution < 1.29 is 23.1 Å². The normalized spacial score (nSPS) is 11.7. The van der Waals surface area contributed by atoms with E-state index < -0.39 is 16.0 Å². The number of carboxylic acid groups (broad SMARTS) is 1. The number of fused-ring (bicyclic) bond motifs is 1. The molecule has 0 aliphatic heterocycles. The van der Waals surface area contributed by atoms with Crippen molar-refractivity contribution in [3.63, 3.8) is 0 Å². The molecule has 8 heteroatoms. The number of carbonyl (C=O) groups is 1. The maximum absolute atomic E-state index is 13.3. The molecule has 35 heavy (non-hydrogen) atoms. The highest BCUT2D eigenvalue weighted by atomic mass is 32.3. The number of aryl methyl sites for hydroxylation is 1. The summed E-state index contributed by atoms with van der Waals surface area (Å²) < 4.78 is 34.0. The van der Waals surface area contributed by atoms with Crippen molar-refractivity contribution in [2.24, 2.45) is 0 Å². The van der Waals surface area contributed by atoms with Crippen LogP contribution in [-0.2, 0) is 10.0 Å². The van der Waals surface area contributed by atoms with Crippen LogP contribution in [0.4, 0.5) is 0 Å². The minimum Gasteiger partial charge on any atom is -0.478 e. The van der Waals surface area contributed by atoms with Crippen LogP contribution in [0, 0.1) is 13.8 Å². The molecule has 0 atom stereocenters. The van der Waals surface area contributed by atoms with Crippen LogP contribution >= 0.6 is 11.9 Å². The Bertz CT molecular complexity index is 1490. The first-order valence-corrected chi connectivity index (χ1v) is 13.2. The summed E-state index contributed by atoms with van der Waals surface area (Å²) in [5.74, 6) is 0.224. The molecule has 0 fully saturated rings. The fourth-order valence-corrected chi connectivity index (χ4v) is 6.39. The lowest BCUT2D eigenvalue weighted by Gasteiger charge is -2.20. The maximum Gasteiger partial charge on any atom is 0.336 e. The maximum atomic E-state index is 13.3. The van der Waals surface area contributed by atoms with Crippen molar-refractivity contribution in [3.05, 3.63) is 95.6 Å². The van der Waals surface area contributed by atoms with Crippen molar-refractivity contribution in [2.75, 3.05) is 6.54 Å². The molecule has 1 N–H and O–H groups in total. The second-order valence-electron chi connectivity index (χ2n) is 7.98. The van der Waals surface area contributed by atoms with E-state index in [1.54, 1.807) is 45.0 Å². The molecule has 4 rings (SSSR count). The van der Waals surface area contributed by atoms with E-state index in [0.29, 0.717) is 21.8 Å². The molecule has 0 aliphatic rings. The van der Waals surface area contributed by atoms with Gasteiger partial charge in [0.25, 0.3) is 10.0 Å². The number of nitrogens with zero attached hydrogens (tertiary/aromatic N) is 1. The fourth-order valence-electron chi connectivity index (χ4n) is 3.70. The van der Waals surface area contributed by atoms with Gasteiger partial charge in [-0.05, 0) is 84.8 Å². The standard InChI is InChI=1S/C27H25NO5S2/c1-4-28(35(31,32)23-16-18(2)19(3)25(17-23)27(29)30)34-22-14-12-21(13-15-22)33-26-11-7-9-20-8-5-6-10-24(20)26/h5-17H,4H2,1-3H3,(H,29,30). The summed E-state index contributed by atoms with van der Waals surface area (Å²) in [6, 6.07) is 23.8. The predicted octanol–water partition coefficient (Wildman–Crippen LogP) is 6.67. The van der Waals surface area contributed by atoms with Crippen molar-refractivity contribution in [1.82, 2.24) is 3.71 Å². The number of hydrogen-bond donors (Lipinski definition) is 1. The Labute approximate surface area is 209 Å². The van der Waals surface area contributed by atoms with E-state index in [1.807, 2.05) is 42.5 Å². The predicted molar refractivity (Wildman–Crippen MR) is 139 cm³/mol. The second-order valence-corrected chi connectivity index (χ2v) is 11.2. The molecular weight excluding hydrogens is 482 g/mol. The van der Waals surface area contributed by atoms with Crippen molar-refractivity contribution in [2.45, 2.75) is 30.6 Å². The quantitative estimate of drug-likeness (QED) is 0.268. The van der Waals surface area contributed by atoms with Gasteiger partial charge < -0.3 is 9.84 Å². The monoisotopic (exact) mass is 507 g/mol. The highest BCUT2D eigenvalue weighted by Crippen LogP contribution is 2.34. The Morgan fingerprint density at radius 3 is 2.34 bits per heavy atom. The Kier molecular flexibility index (Phi) is 7.16. The third kappa shape index (κ3) is 5.19. The molecule has 0 aromatic heterocycles. The van der Waals surface area contributed by atoms with E-state index in [4.69, 9.17) is 4.74 Å². The summed E-state index contributed by atoms with van der Waals surface area (Å²) in [7, 11) is -3.93. The molecule has 0 saturated heterocycles. The first kappa shape index (κ1) is 24.8. The Morgan fingerprint density at radius 2 is 1.66 bits per heavy atom. The van der Waals surface area contributed by atoms with Crippen LogP contribution in [0.3, 0.4) is 0 Å². The van der Waals surface area contributed by atoms with Gasteiger partial charge in [0.15, 0.2) is 0 Å². The van der Waals surface area contributed by atoms with E-state index >= 15 is 0 Å². The Morgan fingerprint density at radius 1 is 0.971 bits per heavy atom. The van der Waals surface area contributed by atoms with Crippen molar-refractivity contribution in [1.29, 1.82) is 0 Å². The van der Waals surface area contributed by atoms with Gasteiger partial charge in [-0.3, -0.25) is 0 Å². The van der Waals surface area contributed by atoms with E-state index in [2.05, 4.69) is 0 Å². The largest absolute Gasteiger partial charge is 0.478 e. The zero-order chi connectivity index (χ0) is 25.2. The molecule has 180 valence electrons. The molecule has 0 bridgehead atoms. The Hall–Kier alpha value is -3.33. The summed E-state index contributed by atoms with van der Waals surface area (Å²) in [5.41, 5.74) is 1.15. The second kappa shape index (κ2) is 10.1. The van der Waals surface area contributed by atoms with Gasteiger partial charge in [-0.1, -0.05) is 43.3 Å². The van der Waals surface area contributed by atoms with Crippen LogP contribution < -0.4 is 4.74 Å². The smallest absolute Gasteiger partial charge is 0.336 e. The molecule has 6 nitrogen and oxygen atoms in total. The van der Waals surface area contributed by atoms with Crippen LogP contribution in [0.5, 0.6) is 11.5 Å². The summed E-state index contributed by atoms with van der Waals surface area (Å²) >= 11 is 1.07. The molecule has 0 saturated carbocycles. The number of benzene rings is 4. The van der Waals surface area contributed by atoms with E-state index in [-0.39, 0.29) is 17.0 Å². The molecule has 4 aromatic carbocycles. The summed E-state index contributed by atoms with van der Waals surface area (Å²) in [4.78, 5) is 12.3. The highest BCUT2D eigenvalue weighted by molar-refractivity contribution is 8.08. The molecule has 0 amide bonds. The zero-order valence-electron chi connectivity index (χ0n) is 19.6. The van der Waals surface area contributed by atoms with Gasteiger partial charge in [0, 0.05) is 16.8 Å². The molecule has 0 spiro atoms. The SMILES string of the molecule is CCN(Sc1ccc(Oc2cccc3ccccc23)cc1)S(=O)(=O)c1cc(C)c(C)c(C(=O)O)c1. The number of hydrogen-bond acceptors (Lipinski definition) is 5. The molecule has 0 heterocycles. The summed E-state index contributed by atoms with van der Waals surface area (Å²) in [6.45, 7) is 5.32. The number of sulfonamides is 1. The van der Waals surface area contributed by atoms with E-state index in [9.17, 15) is 18.3 Å². The van der Waals surface area contributed by atoms with E-state index in [0.717, 1.165) is 28.5 Å². The van der Waals surface area contributed by atoms with Gasteiger partial charge in [-0.2, -0.15) is 0 Å². The third-order valence-electron chi connectivity index (χ3n) is 5.70. The lowest BCUT2D eigenvalue weighted by Crippen LogP contribution is -2.25. The molecule has 4 aromatic rings. The van der Waals surface area contributed by atoms with Gasteiger partial charge in [-0.25, -0.2) is 13.2 Å². The van der Waals surface area contributed by atoms with Crippen molar-refractivity contribution in [3.8, 4) is 11.5 Å². The molecule has 0 aliphatic carbocycles. The Balaban J connectivity index is 1.56. The van der Waals surface area contributed by atoms with Gasteiger partial charge in [-0.15, -0.1) is 3.71 Å². The minimum atomic E-state index is -3.93.